The summed E-state index contributed by atoms with van der Waals surface area (Å²) in [4.78, 5) is 0. The summed E-state index contributed by atoms with van der Waals surface area (Å²) in [5.74, 6) is 1.52. The van der Waals surface area contributed by atoms with Gasteiger partial charge in [0.05, 0.1) is 11.7 Å². The maximum Gasteiger partial charge on any atom is 0.0729 e. The van der Waals surface area contributed by atoms with Gasteiger partial charge in [0.1, 0.15) is 0 Å². The lowest BCUT2D eigenvalue weighted by molar-refractivity contribution is -0.159. The lowest BCUT2D eigenvalue weighted by atomic mass is 9.70. The highest BCUT2D eigenvalue weighted by molar-refractivity contribution is 4.92. The average Bonchev–Trinajstić information content (AvgIpc) is 2.29. The van der Waals surface area contributed by atoms with Crippen molar-refractivity contribution in [2.24, 2.45) is 17.8 Å². The van der Waals surface area contributed by atoms with Crippen LogP contribution in [-0.4, -0.2) is 36.6 Å². The van der Waals surface area contributed by atoms with Crippen molar-refractivity contribution in [2.75, 3.05) is 19.8 Å². The largest absolute Gasteiger partial charge is 0.393 e. The Hall–Kier alpha value is -0.120. The first-order valence-electron chi connectivity index (χ1n) is 7.44. The number of aliphatic hydroxyl groups excluding tert-OH is 1. The molecule has 0 radical (unpaired) electrons. The molecule has 1 N–H and O–H groups in total. The molecule has 2 aliphatic heterocycles. The van der Waals surface area contributed by atoms with E-state index < -0.39 is 0 Å². The first-order chi connectivity index (χ1) is 8.54. The van der Waals surface area contributed by atoms with Crippen LogP contribution in [0, 0.1) is 17.8 Å². The number of hydrogen-bond donors (Lipinski definition) is 1. The van der Waals surface area contributed by atoms with Crippen molar-refractivity contribution in [1.29, 1.82) is 0 Å². The fraction of sp³-hybridized carbons (Fsp3) is 1.00. The van der Waals surface area contributed by atoms with Crippen LogP contribution in [0.3, 0.4) is 0 Å². The highest BCUT2D eigenvalue weighted by Gasteiger charge is 2.42. The molecule has 106 valence electrons. The van der Waals surface area contributed by atoms with E-state index in [-0.39, 0.29) is 11.7 Å². The summed E-state index contributed by atoms with van der Waals surface area (Å²) in [6.07, 6.45) is 4.02. The molecule has 0 aromatic heterocycles. The smallest absolute Gasteiger partial charge is 0.0729 e. The molecular formula is C15H28O3. The highest BCUT2D eigenvalue weighted by atomic mass is 16.5. The molecule has 3 nitrogen and oxygen atoms in total. The Balaban J connectivity index is 2.04. The quantitative estimate of drug-likeness (QED) is 0.843. The van der Waals surface area contributed by atoms with Gasteiger partial charge in [-0.15, -0.1) is 0 Å². The van der Waals surface area contributed by atoms with Crippen LogP contribution in [0.25, 0.3) is 0 Å². The topological polar surface area (TPSA) is 38.7 Å². The number of ether oxygens (including phenoxy) is 2. The maximum absolute atomic E-state index is 10.1. The van der Waals surface area contributed by atoms with E-state index >= 15 is 0 Å². The van der Waals surface area contributed by atoms with E-state index in [1.807, 2.05) is 6.92 Å². The minimum absolute atomic E-state index is 0.0448. The Bertz CT molecular complexity index is 243. The SMILES string of the molecule is CC(C)C(C(C)O)C1CCOC2(CCOCC2)C1. The third kappa shape index (κ3) is 3.06. The van der Waals surface area contributed by atoms with Crippen molar-refractivity contribution in [1.82, 2.24) is 0 Å². The van der Waals surface area contributed by atoms with Crippen LogP contribution >= 0.6 is 0 Å². The molecule has 3 heteroatoms. The van der Waals surface area contributed by atoms with Gasteiger partial charge in [-0.25, -0.2) is 0 Å². The molecular weight excluding hydrogens is 228 g/mol. The van der Waals surface area contributed by atoms with Gasteiger partial charge < -0.3 is 14.6 Å². The lowest BCUT2D eigenvalue weighted by Crippen LogP contribution is -2.47. The van der Waals surface area contributed by atoms with Gasteiger partial charge >= 0.3 is 0 Å². The molecule has 0 amide bonds. The van der Waals surface area contributed by atoms with Crippen molar-refractivity contribution in [3.8, 4) is 0 Å². The second-order valence-electron chi connectivity index (χ2n) is 6.46. The van der Waals surface area contributed by atoms with E-state index in [4.69, 9.17) is 9.47 Å². The van der Waals surface area contributed by atoms with Crippen molar-refractivity contribution >= 4 is 0 Å². The monoisotopic (exact) mass is 256 g/mol. The molecule has 0 bridgehead atoms. The summed E-state index contributed by atoms with van der Waals surface area (Å²) < 4.78 is 11.5. The van der Waals surface area contributed by atoms with Crippen molar-refractivity contribution < 1.29 is 14.6 Å². The van der Waals surface area contributed by atoms with E-state index in [1.165, 1.54) is 0 Å². The molecule has 0 aromatic carbocycles. The van der Waals surface area contributed by atoms with Crippen molar-refractivity contribution in [2.45, 2.75) is 58.2 Å². The first kappa shape index (κ1) is 14.3. The molecule has 2 saturated heterocycles. The molecule has 2 fully saturated rings. The average molecular weight is 256 g/mol. The van der Waals surface area contributed by atoms with E-state index in [1.54, 1.807) is 0 Å². The van der Waals surface area contributed by atoms with E-state index in [0.29, 0.717) is 17.8 Å². The second-order valence-corrected chi connectivity index (χ2v) is 6.46. The van der Waals surface area contributed by atoms with Gasteiger partial charge in [0.25, 0.3) is 0 Å². The molecule has 18 heavy (non-hydrogen) atoms. The Morgan fingerprint density at radius 3 is 2.33 bits per heavy atom. The minimum Gasteiger partial charge on any atom is -0.393 e. The van der Waals surface area contributed by atoms with E-state index in [9.17, 15) is 5.11 Å². The zero-order valence-corrected chi connectivity index (χ0v) is 12.0. The zero-order valence-electron chi connectivity index (χ0n) is 12.0. The third-order valence-electron chi connectivity index (χ3n) is 4.81. The van der Waals surface area contributed by atoms with Crippen LogP contribution in [0.2, 0.25) is 0 Å². The van der Waals surface area contributed by atoms with Crippen molar-refractivity contribution in [3.63, 3.8) is 0 Å². The van der Waals surface area contributed by atoms with Gasteiger partial charge in [0.15, 0.2) is 0 Å². The standard InChI is InChI=1S/C15H28O3/c1-11(2)14(12(3)16)13-4-7-18-15(10-13)5-8-17-9-6-15/h11-14,16H,4-10H2,1-3H3. The summed E-state index contributed by atoms with van der Waals surface area (Å²) in [7, 11) is 0. The fourth-order valence-electron chi connectivity index (χ4n) is 3.98. The number of rotatable bonds is 3. The summed E-state index contributed by atoms with van der Waals surface area (Å²) in [5, 5.41) is 10.1. The Kier molecular flexibility index (Phi) is 4.68. The molecule has 3 unspecified atom stereocenters. The normalized spacial score (nSPS) is 31.5. The summed E-state index contributed by atoms with van der Waals surface area (Å²) >= 11 is 0. The molecule has 2 aliphatic rings. The van der Waals surface area contributed by atoms with Gasteiger partial charge in [-0.3, -0.25) is 0 Å². The van der Waals surface area contributed by atoms with Gasteiger partial charge in [0, 0.05) is 19.8 Å². The van der Waals surface area contributed by atoms with Gasteiger partial charge in [0.2, 0.25) is 0 Å². The molecule has 0 aliphatic carbocycles. The summed E-state index contributed by atoms with van der Waals surface area (Å²) in [5.41, 5.74) is 0.0448. The third-order valence-corrected chi connectivity index (χ3v) is 4.81. The molecule has 2 rings (SSSR count). The van der Waals surface area contributed by atoms with Crippen LogP contribution < -0.4 is 0 Å². The summed E-state index contributed by atoms with van der Waals surface area (Å²) in [6, 6.07) is 0. The Labute approximate surface area is 111 Å². The zero-order chi connectivity index (χ0) is 13.2. The lowest BCUT2D eigenvalue weighted by Gasteiger charge is -2.46. The molecule has 2 heterocycles. The van der Waals surface area contributed by atoms with Crippen LogP contribution in [-0.2, 0) is 9.47 Å². The number of hydrogen-bond acceptors (Lipinski definition) is 3. The summed E-state index contributed by atoms with van der Waals surface area (Å²) in [6.45, 7) is 8.89. The first-order valence-corrected chi connectivity index (χ1v) is 7.44. The fourth-order valence-corrected chi connectivity index (χ4v) is 3.98. The number of aliphatic hydroxyl groups is 1. The minimum atomic E-state index is -0.218. The predicted octanol–water partition coefficient (Wildman–Crippen LogP) is 2.62. The highest BCUT2D eigenvalue weighted by Crippen LogP contribution is 2.42. The van der Waals surface area contributed by atoms with E-state index in [2.05, 4.69) is 13.8 Å². The van der Waals surface area contributed by atoms with Gasteiger partial charge in [-0.1, -0.05) is 13.8 Å². The van der Waals surface area contributed by atoms with Crippen LogP contribution in [0.4, 0.5) is 0 Å². The molecule has 3 atom stereocenters. The van der Waals surface area contributed by atoms with Crippen LogP contribution in [0.1, 0.15) is 46.5 Å². The van der Waals surface area contributed by atoms with Gasteiger partial charge in [-0.05, 0) is 50.4 Å². The van der Waals surface area contributed by atoms with Crippen LogP contribution in [0.15, 0.2) is 0 Å². The van der Waals surface area contributed by atoms with Gasteiger partial charge in [-0.2, -0.15) is 0 Å². The molecule has 0 saturated carbocycles. The predicted molar refractivity (Wildman–Crippen MR) is 71.5 cm³/mol. The van der Waals surface area contributed by atoms with E-state index in [0.717, 1.165) is 45.5 Å². The molecule has 0 aromatic rings. The van der Waals surface area contributed by atoms with Crippen molar-refractivity contribution in [3.05, 3.63) is 0 Å². The molecule has 1 spiro atoms. The second kappa shape index (κ2) is 5.89. The Morgan fingerprint density at radius 1 is 1.11 bits per heavy atom. The van der Waals surface area contributed by atoms with Crippen LogP contribution in [0.5, 0.6) is 0 Å². The Morgan fingerprint density at radius 2 is 1.78 bits per heavy atom. The maximum atomic E-state index is 10.1.